The molecule has 6 rings (SSSR count). The molecule has 0 bridgehead atoms. The molecule has 3 heteroatoms. The zero-order valence-electron chi connectivity index (χ0n) is 22.4. The topological polar surface area (TPSA) is 40.8 Å². The number of nitriles is 1. The quantitative estimate of drug-likeness (QED) is 0.232. The second kappa shape index (κ2) is 9.01. The molecule has 0 spiro atoms. The van der Waals surface area contributed by atoms with E-state index in [0.717, 1.165) is 49.9 Å². The average molecular weight is 494 g/mol. The fourth-order valence-electron chi connectivity index (χ4n) is 5.78. The number of fused-ring (bicyclic) bond motifs is 3. The van der Waals surface area contributed by atoms with Gasteiger partial charge in [-0.05, 0) is 79.3 Å². The lowest BCUT2D eigenvalue weighted by Crippen LogP contribution is -2.31. The van der Waals surface area contributed by atoms with Gasteiger partial charge in [0.25, 0.3) is 0 Å². The fraction of sp³-hybridized carbons (Fsp3) is 0.143. The predicted molar refractivity (Wildman–Crippen MR) is 155 cm³/mol. The lowest BCUT2D eigenvalue weighted by molar-refractivity contribution is -0.660. The summed E-state index contributed by atoms with van der Waals surface area (Å²) in [4.78, 5) is 0. The molecule has 0 radical (unpaired) electrons. The summed E-state index contributed by atoms with van der Waals surface area (Å²) in [6.07, 6.45) is 2.13. The first-order chi connectivity index (χ1) is 18.4. The SMILES string of the molecule is Cc1ccc(-c2c(C)ccc3c2oc2c(-c4ccc(-c5c(C)cccc5C)cc4)c(C#N)ccc23)[n+](C)c1. The molecule has 3 nitrogen and oxygen atoms in total. The van der Waals surface area contributed by atoms with Crippen LogP contribution in [0.5, 0.6) is 0 Å². The van der Waals surface area contributed by atoms with Gasteiger partial charge in [0.1, 0.15) is 18.2 Å². The van der Waals surface area contributed by atoms with Crippen molar-refractivity contribution in [1.29, 1.82) is 5.26 Å². The molecule has 6 aromatic rings. The largest absolute Gasteiger partial charge is 0.454 e. The molecule has 0 unspecified atom stereocenters. The van der Waals surface area contributed by atoms with E-state index in [0.29, 0.717) is 5.56 Å². The Morgan fingerprint density at radius 1 is 0.632 bits per heavy atom. The third kappa shape index (κ3) is 3.69. The van der Waals surface area contributed by atoms with E-state index >= 15 is 0 Å². The minimum atomic E-state index is 0.607. The Kier molecular flexibility index (Phi) is 5.62. The highest BCUT2D eigenvalue weighted by Gasteiger charge is 2.23. The first kappa shape index (κ1) is 23.7. The monoisotopic (exact) mass is 493 g/mol. The number of hydrogen-bond acceptors (Lipinski definition) is 2. The van der Waals surface area contributed by atoms with Crippen molar-refractivity contribution in [2.75, 3.05) is 0 Å². The standard InChI is InChI=1S/C35H29N2O/c1-21-9-18-30(37(5)20-21)32-24(4)10-16-28-29-17-15-27(19-36)33(35(29)38-34(28)32)26-13-11-25(12-14-26)31-22(2)7-6-8-23(31)3/h6-18,20H,1-5H3/q+1. The molecule has 2 aromatic heterocycles. The molecule has 0 saturated carbocycles. The van der Waals surface area contributed by atoms with E-state index in [9.17, 15) is 5.26 Å². The van der Waals surface area contributed by atoms with Crippen molar-refractivity contribution in [2.24, 2.45) is 7.05 Å². The van der Waals surface area contributed by atoms with E-state index < -0.39 is 0 Å². The van der Waals surface area contributed by atoms with E-state index in [4.69, 9.17) is 4.42 Å². The Hall–Kier alpha value is -4.68. The zero-order valence-corrected chi connectivity index (χ0v) is 22.4. The lowest BCUT2D eigenvalue weighted by Gasteiger charge is -2.11. The van der Waals surface area contributed by atoms with Crippen molar-refractivity contribution >= 4 is 21.9 Å². The van der Waals surface area contributed by atoms with Gasteiger partial charge in [-0.3, -0.25) is 0 Å². The third-order valence-electron chi connectivity index (χ3n) is 7.62. The summed E-state index contributed by atoms with van der Waals surface area (Å²) >= 11 is 0. The highest BCUT2D eigenvalue weighted by atomic mass is 16.3. The van der Waals surface area contributed by atoms with Gasteiger partial charge in [0.05, 0.1) is 17.2 Å². The van der Waals surface area contributed by atoms with E-state index in [2.05, 4.69) is 118 Å². The van der Waals surface area contributed by atoms with Gasteiger partial charge < -0.3 is 4.42 Å². The fourth-order valence-corrected chi connectivity index (χ4v) is 5.78. The minimum absolute atomic E-state index is 0.607. The van der Waals surface area contributed by atoms with Gasteiger partial charge in [-0.1, -0.05) is 54.6 Å². The molecular formula is C35H29N2O+. The summed E-state index contributed by atoms with van der Waals surface area (Å²) < 4.78 is 8.87. The Bertz CT molecular complexity index is 1900. The second-order valence-corrected chi connectivity index (χ2v) is 10.3. The second-order valence-electron chi connectivity index (χ2n) is 10.3. The summed E-state index contributed by atoms with van der Waals surface area (Å²) in [6, 6.07) is 29.8. The van der Waals surface area contributed by atoms with Crippen LogP contribution in [-0.4, -0.2) is 0 Å². The summed E-state index contributed by atoms with van der Waals surface area (Å²) in [5.74, 6) is 0. The summed E-state index contributed by atoms with van der Waals surface area (Å²) in [5.41, 5.74) is 13.5. The summed E-state index contributed by atoms with van der Waals surface area (Å²) in [5, 5.41) is 12.1. The van der Waals surface area contributed by atoms with Crippen molar-refractivity contribution in [2.45, 2.75) is 27.7 Å². The Morgan fingerprint density at radius 3 is 1.84 bits per heavy atom. The molecule has 0 aliphatic carbocycles. The van der Waals surface area contributed by atoms with Crippen LogP contribution in [0, 0.1) is 39.0 Å². The van der Waals surface area contributed by atoms with Gasteiger partial charge in [-0.15, -0.1) is 0 Å². The summed E-state index contributed by atoms with van der Waals surface area (Å²) in [7, 11) is 2.07. The molecule has 2 heterocycles. The molecule has 0 amide bonds. The number of aromatic nitrogens is 1. The first-order valence-corrected chi connectivity index (χ1v) is 12.9. The smallest absolute Gasteiger partial charge is 0.216 e. The normalized spacial score (nSPS) is 11.3. The highest BCUT2D eigenvalue weighted by molar-refractivity contribution is 6.14. The minimum Gasteiger partial charge on any atom is -0.454 e. The number of pyridine rings is 1. The van der Waals surface area contributed by atoms with Gasteiger partial charge in [0.15, 0.2) is 6.20 Å². The number of furan rings is 1. The Labute approximate surface area is 223 Å². The van der Waals surface area contributed by atoms with Crippen LogP contribution >= 0.6 is 0 Å². The van der Waals surface area contributed by atoms with Crippen LogP contribution in [0.3, 0.4) is 0 Å². The van der Waals surface area contributed by atoms with Crippen LogP contribution in [-0.2, 0) is 7.05 Å². The van der Waals surface area contributed by atoms with Crippen molar-refractivity contribution in [3.05, 3.63) is 113 Å². The third-order valence-corrected chi connectivity index (χ3v) is 7.62. The van der Waals surface area contributed by atoms with E-state index in [-0.39, 0.29) is 0 Å². The molecule has 184 valence electrons. The number of rotatable bonds is 3. The van der Waals surface area contributed by atoms with Crippen LogP contribution < -0.4 is 4.57 Å². The van der Waals surface area contributed by atoms with Crippen LogP contribution in [0.2, 0.25) is 0 Å². The van der Waals surface area contributed by atoms with Crippen LogP contribution in [0.15, 0.2) is 89.5 Å². The van der Waals surface area contributed by atoms with Gasteiger partial charge in [0.2, 0.25) is 5.69 Å². The van der Waals surface area contributed by atoms with Crippen molar-refractivity contribution in [1.82, 2.24) is 0 Å². The first-order valence-electron chi connectivity index (χ1n) is 12.9. The Morgan fingerprint density at radius 2 is 1.21 bits per heavy atom. The van der Waals surface area contributed by atoms with Gasteiger partial charge in [-0.25, -0.2) is 4.57 Å². The zero-order chi connectivity index (χ0) is 26.6. The van der Waals surface area contributed by atoms with E-state index in [1.165, 1.54) is 27.8 Å². The maximum Gasteiger partial charge on any atom is 0.216 e. The molecule has 0 aliphatic heterocycles. The van der Waals surface area contributed by atoms with E-state index in [1.54, 1.807) is 0 Å². The maximum atomic E-state index is 10.1. The molecule has 4 aromatic carbocycles. The molecule has 0 saturated heterocycles. The Balaban J connectivity index is 1.60. The predicted octanol–water partition coefficient (Wildman–Crippen LogP) is 8.52. The molecule has 0 fully saturated rings. The van der Waals surface area contributed by atoms with Gasteiger partial charge in [0, 0.05) is 28.0 Å². The molecule has 0 aliphatic rings. The van der Waals surface area contributed by atoms with E-state index in [1.807, 2.05) is 12.1 Å². The van der Waals surface area contributed by atoms with Crippen LogP contribution in [0.4, 0.5) is 0 Å². The molecule has 0 N–H and O–H groups in total. The van der Waals surface area contributed by atoms with Crippen molar-refractivity contribution in [3.63, 3.8) is 0 Å². The van der Waals surface area contributed by atoms with Crippen LogP contribution in [0.1, 0.15) is 27.8 Å². The molecule has 0 atom stereocenters. The molecule has 38 heavy (non-hydrogen) atoms. The van der Waals surface area contributed by atoms with Crippen molar-refractivity contribution < 1.29 is 8.98 Å². The number of nitrogens with zero attached hydrogens (tertiary/aromatic N) is 2. The number of benzene rings is 4. The summed E-state index contributed by atoms with van der Waals surface area (Å²) in [6.45, 7) is 8.51. The lowest BCUT2D eigenvalue weighted by atomic mass is 9.92. The molecular weight excluding hydrogens is 464 g/mol. The van der Waals surface area contributed by atoms with Crippen LogP contribution in [0.25, 0.3) is 55.4 Å². The van der Waals surface area contributed by atoms with Gasteiger partial charge >= 0.3 is 0 Å². The maximum absolute atomic E-state index is 10.1. The van der Waals surface area contributed by atoms with Crippen molar-refractivity contribution in [3.8, 4) is 39.6 Å². The number of hydrogen-bond donors (Lipinski definition) is 0. The van der Waals surface area contributed by atoms with Gasteiger partial charge in [-0.2, -0.15) is 5.26 Å². The highest BCUT2D eigenvalue weighted by Crippen LogP contribution is 2.42. The average Bonchev–Trinajstić information content (AvgIpc) is 3.27. The number of aryl methyl sites for hydroxylation is 5.